The van der Waals surface area contributed by atoms with Gasteiger partial charge in [0.1, 0.15) is 11.5 Å². The Hall–Kier alpha value is -3.80. The van der Waals surface area contributed by atoms with Crippen LogP contribution in [-0.4, -0.2) is 26.0 Å². The van der Waals surface area contributed by atoms with Crippen LogP contribution in [0.3, 0.4) is 0 Å². The molecule has 6 heteroatoms. The van der Waals surface area contributed by atoms with Crippen LogP contribution in [0.4, 0.5) is 11.4 Å². The zero-order chi connectivity index (χ0) is 24.9. The summed E-state index contributed by atoms with van der Waals surface area (Å²) in [7, 11) is 3.22. The van der Waals surface area contributed by atoms with Crippen molar-refractivity contribution in [2.45, 2.75) is 38.6 Å². The molecule has 4 rings (SSSR count). The molecule has 0 aliphatic carbocycles. The van der Waals surface area contributed by atoms with Gasteiger partial charge < -0.3 is 19.7 Å². The fourth-order valence-corrected chi connectivity index (χ4v) is 4.58. The molecule has 3 aromatic rings. The van der Waals surface area contributed by atoms with E-state index in [0.29, 0.717) is 24.5 Å². The van der Waals surface area contributed by atoms with Crippen molar-refractivity contribution >= 4 is 23.2 Å². The quantitative estimate of drug-likeness (QED) is 0.461. The number of carbonyl (C=O) groups excluding carboxylic acids is 2. The van der Waals surface area contributed by atoms with Crippen molar-refractivity contribution in [3.63, 3.8) is 0 Å². The van der Waals surface area contributed by atoms with Gasteiger partial charge in [-0.1, -0.05) is 38.1 Å². The summed E-state index contributed by atoms with van der Waals surface area (Å²) < 4.78 is 10.6. The molecule has 182 valence electrons. The lowest BCUT2D eigenvalue weighted by Gasteiger charge is -2.41. The minimum Gasteiger partial charge on any atom is -0.497 e. The zero-order valence-corrected chi connectivity index (χ0v) is 20.7. The smallest absolute Gasteiger partial charge is 0.229 e. The van der Waals surface area contributed by atoms with Crippen LogP contribution in [0.5, 0.6) is 11.5 Å². The SMILES string of the molecule is COc1ccc([C@@H]2[C@@H](C(=O)Nc3ccc(C(C)C)cc3)CCC(=O)N2c2ccc(OC)cc2)cc1. The normalized spacial score (nSPS) is 17.9. The first kappa shape index (κ1) is 24.3. The summed E-state index contributed by atoms with van der Waals surface area (Å²) in [4.78, 5) is 28.6. The maximum absolute atomic E-state index is 13.6. The summed E-state index contributed by atoms with van der Waals surface area (Å²) in [5.41, 5.74) is 3.58. The number of ether oxygens (including phenoxy) is 2. The number of nitrogens with one attached hydrogen (secondary N) is 1. The molecule has 0 unspecified atom stereocenters. The average Bonchev–Trinajstić information content (AvgIpc) is 2.89. The van der Waals surface area contributed by atoms with Crippen molar-refractivity contribution in [3.05, 3.63) is 83.9 Å². The van der Waals surface area contributed by atoms with Gasteiger partial charge in [-0.25, -0.2) is 0 Å². The summed E-state index contributed by atoms with van der Waals surface area (Å²) in [5.74, 6) is 1.31. The lowest BCUT2D eigenvalue weighted by Crippen LogP contribution is -2.46. The van der Waals surface area contributed by atoms with E-state index in [0.717, 1.165) is 22.7 Å². The first-order valence-electron chi connectivity index (χ1n) is 11.9. The number of benzene rings is 3. The highest BCUT2D eigenvalue weighted by Gasteiger charge is 2.41. The summed E-state index contributed by atoms with van der Waals surface area (Å²) >= 11 is 0. The molecular formula is C29H32N2O4. The number of rotatable bonds is 7. The van der Waals surface area contributed by atoms with E-state index in [2.05, 4.69) is 19.2 Å². The number of methoxy groups -OCH3 is 2. The summed E-state index contributed by atoms with van der Waals surface area (Å²) in [6, 6.07) is 22.4. The van der Waals surface area contributed by atoms with Crippen LogP contribution < -0.4 is 19.7 Å². The van der Waals surface area contributed by atoms with Gasteiger partial charge in [0.05, 0.1) is 26.2 Å². The molecule has 6 nitrogen and oxygen atoms in total. The third-order valence-electron chi connectivity index (χ3n) is 6.59. The van der Waals surface area contributed by atoms with Crippen molar-refractivity contribution in [3.8, 4) is 11.5 Å². The Morgan fingerprint density at radius 2 is 1.46 bits per heavy atom. The monoisotopic (exact) mass is 472 g/mol. The molecule has 1 N–H and O–H groups in total. The average molecular weight is 473 g/mol. The number of hydrogen-bond acceptors (Lipinski definition) is 4. The minimum absolute atomic E-state index is 0.0127. The first-order valence-corrected chi connectivity index (χ1v) is 11.9. The largest absolute Gasteiger partial charge is 0.497 e. The van der Waals surface area contributed by atoms with Gasteiger partial charge in [-0.2, -0.15) is 0 Å². The van der Waals surface area contributed by atoms with Crippen LogP contribution in [0.15, 0.2) is 72.8 Å². The number of anilines is 2. The third-order valence-corrected chi connectivity index (χ3v) is 6.59. The van der Waals surface area contributed by atoms with Crippen LogP contribution in [0, 0.1) is 5.92 Å². The molecule has 1 aliphatic rings. The molecule has 1 fully saturated rings. The van der Waals surface area contributed by atoms with Gasteiger partial charge in [-0.3, -0.25) is 9.59 Å². The van der Waals surface area contributed by atoms with Gasteiger partial charge in [0.15, 0.2) is 0 Å². The lowest BCUT2D eigenvalue weighted by atomic mass is 9.83. The van der Waals surface area contributed by atoms with E-state index in [1.165, 1.54) is 5.56 Å². The predicted octanol–water partition coefficient (Wildman–Crippen LogP) is 5.95. The second-order valence-electron chi connectivity index (χ2n) is 9.09. The molecule has 1 heterocycles. The summed E-state index contributed by atoms with van der Waals surface area (Å²) in [6.45, 7) is 4.28. The maximum Gasteiger partial charge on any atom is 0.229 e. The fraction of sp³-hybridized carbons (Fsp3) is 0.310. The van der Waals surface area contributed by atoms with Crippen LogP contribution >= 0.6 is 0 Å². The number of carbonyl (C=O) groups is 2. The molecular weight excluding hydrogens is 440 g/mol. The number of piperidine rings is 1. The van der Waals surface area contributed by atoms with Crippen molar-refractivity contribution in [2.24, 2.45) is 5.92 Å². The van der Waals surface area contributed by atoms with Crippen LogP contribution in [0.1, 0.15) is 49.8 Å². The molecule has 3 aromatic carbocycles. The van der Waals surface area contributed by atoms with Gasteiger partial charge in [0.25, 0.3) is 0 Å². The van der Waals surface area contributed by atoms with E-state index in [9.17, 15) is 9.59 Å². The molecule has 0 saturated carbocycles. The van der Waals surface area contributed by atoms with Gasteiger partial charge >= 0.3 is 0 Å². The molecule has 1 aliphatic heterocycles. The van der Waals surface area contributed by atoms with Gasteiger partial charge in [-0.05, 0) is 72.0 Å². The van der Waals surface area contributed by atoms with Crippen molar-refractivity contribution in [1.29, 1.82) is 0 Å². The van der Waals surface area contributed by atoms with Crippen molar-refractivity contribution < 1.29 is 19.1 Å². The highest BCUT2D eigenvalue weighted by molar-refractivity contribution is 6.00. The maximum atomic E-state index is 13.6. The first-order chi connectivity index (χ1) is 16.9. The minimum atomic E-state index is -0.453. The lowest BCUT2D eigenvalue weighted by molar-refractivity contribution is -0.125. The second kappa shape index (κ2) is 10.6. The molecule has 0 aromatic heterocycles. The van der Waals surface area contributed by atoms with E-state index in [-0.39, 0.29) is 11.8 Å². The number of nitrogens with zero attached hydrogens (tertiary/aromatic N) is 1. The van der Waals surface area contributed by atoms with E-state index < -0.39 is 12.0 Å². The molecule has 0 bridgehead atoms. The predicted molar refractivity (Wildman–Crippen MR) is 138 cm³/mol. The van der Waals surface area contributed by atoms with E-state index in [1.54, 1.807) is 19.1 Å². The zero-order valence-electron chi connectivity index (χ0n) is 20.7. The third kappa shape index (κ3) is 5.32. The van der Waals surface area contributed by atoms with E-state index in [1.807, 2.05) is 72.8 Å². The number of amides is 2. The fourth-order valence-electron chi connectivity index (χ4n) is 4.58. The van der Waals surface area contributed by atoms with Gasteiger partial charge in [0, 0.05) is 17.8 Å². The van der Waals surface area contributed by atoms with Gasteiger partial charge in [-0.15, -0.1) is 0 Å². The van der Waals surface area contributed by atoms with Crippen LogP contribution in [0.2, 0.25) is 0 Å². The molecule has 35 heavy (non-hydrogen) atoms. The Labute approximate surface area is 206 Å². The summed E-state index contributed by atoms with van der Waals surface area (Å²) in [5, 5.41) is 3.08. The highest BCUT2D eigenvalue weighted by Crippen LogP contribution is 2.41. The Kier molecular flexibility index (Phi) is 7.39. The second-order valence-corrected chi connectivity index (χ2v) is 9.09. The molecule has 0 radical (unpaired) electrons. The molecule has 0 spiro atoms. The Balaban J connectivity index is 1.69. The van der Waals surface area contributed by atoms with Crippen molar-refractivity contribution in [1.82, 2.24) is 0 Å². The van der Waals surface area contributed by atoms with E-state index >= 15 is 0 Å². The standard InChI is InChI=1S/C29H32N2O4/c1-19(2)20-5-9-22(10-6-20)30-29(33)26-17-18-27(32)31(23-11-15-25(35-4)16-12-23)28(26)21-7-13-24(34-3)14-8-21/h5-16,19,26,28H,17-18H2,1-4H3,(H,30,33)/t26-,28+/m0/s1. The van der Waals surface area contributed by atoms with Crippen LogP contribution in [-0.2, 0) is 9.59 Å². The molecule has 1 saturated heterocycles. The molecule has 2 amide bonds. The Morgan fingerprint density at radius 1 is 0.886 bits per heavy atom. The van der Waals surface area contributed by atoms with E-state index in [4.69, 9.17) is 9.47 Å². The van der Waals surface area contributed by atoms with Crippen LogP contribution in [0.25, 0.3) is 0 Å². The van der Waals surface area contributed by atoms with Crippen molar-refractivity contribution in [2.75, 3.05) is 24.4 Å². The van der Waals surface area contributed by atoms with Gasteiger partial charge in [0.2, 0.25) is 11.8 Å². The number of hydrogen-bond donors (Lipinski definition) is 1. The highest BCUT2D eigenvalue weighted by atomic mass is 16.5. The summed E-state index contributed by atoms with van der Waals surface area (Å²) in [6.07, 6.45) is 0.765. The topological polar surface area (TPSA) is 67.9 Å². The Bertz CT molecular complexity index is 1150. The Morgan fingerprint density at radius 3 is 2.00 bits per heavy atom. The molecule has 2 atom stereocenters.